The van der Waals surface area contributed by atoms with E-state index in [1.54, 1.807) is 0 Å². The van der Waals surface area contributed by atoms with Crippen molar-refractivity contribution in [3.8, 4) is 11.1 Å². The van der Waals surface area contributed by atoms with Crippen molar-refractivity contribution in [2.75, 3.05) is 4.90 Å². The number of anilines is 3. The van der Waals surface area contributed by atoms with Gasteiger partial charge in [0, 0.05) is 39.4 Å². The molecule has 0 atom stereocenters. The van der Waals surface area contributed by atoms with E-state index in [4.69, 9.17) is 4.42 Å². The summed E-state index contributed by atoms with van der Waals surface area (Å²) in [5.41, 5.74) is 8.40. The number of pyridine rings is 1. The first-order valence-corrected chi connectivity index (χ1v) is 13.5. The van der Waals surface area contributed by atoms with Gasteiger partial charge in [-0.25, -0.2) is 0 Å². The Morgan fingerprint density at radius 3 is 2.12 bits per heavy atom. The molecule has 0 aliphatic rings. The molecule has 8 rings (SSSR count). The number of benzene rings is 6. The zero-order valence-corrected chi connectivity index (χ0v) is 21.7. The molecule has 0 amide bonds. The molecule has 2 aromatic heterocycles. The lowest BCUT2D eigenvalue weighted by Crippen LogP contribution is -2.09. The first-order chi connectivity index (χ1) is 19.8. The Labute approximate surface area is 231 Å². The van der Waals surface area contributed by atoms with Gasteiger partial charge in [-0.15, -0.1) is 0 Å². The van der Waals surface area contributed by atoms with Crippen LogP contribution in [0.5, 0.6) is 0 Å². The van der Waals surface area contributed by atoms with Gasteiger partial charge in [0.2, 0.25) is 0 Å². The van der Waals surface area contributed by atoms with Crippen LogP contribution in [0.25, 0.3) is 54.7 Å². The van der Waals surface area contributed by atoms with E-state index in [-0.39, 0.29) is 0 Å². The van der Waals surface area contributed by atoms with E-state index in [9.17, 15) is 0 Å². The summed E-state index contributed by atoms with van der Waals surface area (Å²) in [6.45, 7) is 0. The van der Waals surface area contributed by atoms with Crippen LogP contribution in [0, 0.1) is 0 Å². The van der Waals surface area contributed by atoms with Crippen LogP contribution < -0.4 is 4.90 Å². The highest BCUT2D eigenvalue weighted by atomic mass is 16.3. The van der Waals surface area contributed by atoms with Crippen LogP contribution in [0.15, 0.2) is 150 Å². The Morgan fingerprint density at radius 2 is 1.23 bits per heavy atom. The second kappa shape index (κ2) is 9.11. The van der Waals surface area contributed by atoms with Crippen molar-refractivity contribution in [2.24, 2.45) is 0 Å². The normalized spacial score (nSPS) is 11.5. The maximum atomic E-state index is 6.26. The third-order valence-corrected chi connectivity index (χ3v) is 7.70. The average Bonchev–Trinajstić information content (AvgIpc) is 3.40. The molecule has 8 aromatic rings. The van der Waals surface area contributed by atoms with Crippen molar-refractivity contribution in [3.05, 3.63) is 146 Å². The molecule has 0 fully saturated rings. The molecule has 0 aliphatic carbocycles. The molecular formula is C37H24N2O. The number of nitrogens with zero attached hydrogens (tertiary/aromatic N) is 2. The zero-order valence-electron chi connectivity index (χ0n) is 21.7. The number of furan rings is 1. The molecule has 0 spiro atoms. The van der Waals surface area contributed by atoms with Crippen LogP contribution >= 0.6 is 0 Å². The zero-order chi connectivity index (χ0) is 26.5. The van der Waals surface area contributed by atoms with Crippen molar-refractivity contribution < 1.29 is 4.42 Å². The Bertz CT molecular complexity index is 2160. The van der Waals surface area contributed by atoms with Gasteiger partial charge < -0.3 is 9.32 Å². The summed E-state index contributed by atoms with van der Waals surface area (Å²) < 4.78 is 6.26. The fraction of sp³-hybridized carbons (Fsp3) is 0. The van der Waals surface area contributed by atoms with Crippen molar-refractivity contribution in [1.82, 2.24) is 4.98 Å². The first kappa shape index (κ1) is 22.6. The van der Waals surface area contributed by atoms with Gasteiger partial charge in [-0.1, -0.05) is 78.9 Å². The number of hydrogen-bond acceptors (Lipinski definition) is 3. The lowest BCUT2D eigenvalue weighted by Gasteiger charge is -2.25. The Kier molecular flexibility index (Phi) is 5.14. The highest BCUT2D eigenvalue weighted by Gasteiger charge is 2.17. The van der Waals surface area contributed by atoms with Crippen molar-refractivity contribution in [1.29, 1.82) is 0 Å². The molecule has 3 heteroatoms. The third kappa shape index (κ3) is 3.63. The van der Waals surface area contributed by atoms with Crippen LogP contribution in [0.2, 0.25) is 0 Å². The minimum Gasteiger partial charge on any atom is -0.456 e. The first-order valence-electron chi connectivity index (χ1n) is 13.5. The van der Waals surface area contributed by atoms with Crippen molar-refractivity contribution >= 4 is 60.7 Å². The van der Waals surface area contributed by atoms with Crippen LogP contribution in [-0.2, 0) is 0 Å². The largest absolute Gasteiger partial charge is 0.456 e. The molecule has 0 saturated heterocycles. The highest BCUT2D eigenvalue weighted by molar-refractivity contribution is 6.18. The van der Waals surface area contributed by atoms with Crippen LogP contribution in [-0.4, -0.2) is 4.98 Å². The fourth-order valence-electron chi connectivity index (χ4n) is 5.85. The summed E-state index contributed by atoms with van der Waals surface area (Å²) in [7, 11) is 0. The lowest BCUT2D eigenvalue weighted by atomic mass is 9.98. The predicted molar refractivity (Wildman–Crippen MR) is 167 cm³/mol. The van der Waals surface area contributed by atoms with E-state index in [2.05, 4.69) is 131 Å². The Morgan fingerprint density at radius 1 is 0.500 bits per heavy atom. The second-order valence-corrected chi connectivity index (χ2v) is 10.0. The molecule has 0 unspecified atom stereocenters. The summed E-state index contributed by atoms with van der Waals surface area (Å²) >= 11 is 0. The van der Waals surface area contributed by atoms with Gasteiger partial charge >= 0.3 is 0 Å². The Balaban J connectivity index is 1.29. The number of aromatic nitrogens is 1. The maximum Gasteiger partial charge on any atom is 0.136 e. The van der Waals surface area contributed by atoms with Gasteiger partial charge in [0.25, 0.3) is 0 Å². The van der Waals surface area contributed by atoms with Gasteiger partial charge in [-0.3, -0.25) is 4.98 Å². The van der Waals surface area contributed by atoms with Crippen LogP contribution in [0.3, 0.4) is 0 Å². The molecule has 0 radical (unpaired) electrons. The molecule has 40 heavy (non-hydrogen) atoms. The molecular weight excluding hydrogens is 488 g/mol. The van der Waals surface area contributed by atoms with E-state index in [0.717, 1.165) is 49.9 Å². The van der Waals surface area contributed by atoms with E-state index < -0.39 is 0 Å². The standard InChI is InChI=1S/C37H24N2O/c1-2-10-27(11-3-1)39(28-17-15-26(16-18-28)31-13-6-9-25-8-4-5-12-30(25)31)29-19-21-35-33(24-29)37-32-14-7-23-38-34(32)20-22-36(37)40-35/h1-24H. The van der Waals surface area contributed by atoms with E-state index in [1.165, 1.54) is 21.9 Å². The minimum absolute atomic E-state index is 0.870. The van der Waals surface area contributed by atoms with E-state index in [1.807, 2.05) is 24.4 Å². The van der Waals surface area contributed by atoms with Crippen LogP contribution in [0.1, 0.15) is 0 Å². The number of para-hydroxylation sites is 1. The second-order valence-electron chi connectivity index (χ2n) is 10.0. The fourth-order valence-corrected chi connectivity index (χ4v) is 5.85. The van der Waals surface area contributed by atoms with Crippen molar-refractivity contribution in [3.63, 3.8) is 0 Å². The molecule has 3 nitrogen and oxygen atoms in total. The average molecular weight is 513 g/mol. The third-order valence-electron chi connectivity index (χ3n) is 7.70. The molecule has 0 N–H and O–H groups in total. The molecule has 0 saturated carbocycles. The summed E-state index contributed by atoms with van der Waals surface area (Å²) in [4.78, 5) is 6.87. The smallest absolute Gasteiger partial charge is 0.136 e. The highest BCUT2D eigenvalue weighted by Crippen LogP contribution is 2.41. The topological polar surface area (TPSA) is 29.3 Å². The molecule has 0 bridgehead atoms. The number of rotatable bonds is 4. The predicted octanol–water partition coefficient (Wildman–Crippen LogP) is 10.4. The van der Waals surface area contributed by atoms with Gasteiger partial charge in [0.15, 0.2) is 0 Å². The summed E-state index contributed by atoms with van der Waals surface area (Å²) in [6.07, 6.45) is 1.83. The Hall–Kier alpha value is -5.41. The SMILES string of the molecule is c1ccc(N(c2ccc(-c3cccc4ccccc34)cc2)c2ccc3oc4ccc5ncccc5c4c3c2)cc1. The number of hydrogen-bond donors (Lipinski definition) is 0. The van der Waals surface area contributed by atoms with Gasteiger partial charge in [0.1, 0.15) is 11.2 Å². The molecule has 2 heterocycles. The van der Waals surface area contributed by atoms with Gasteiger partial charge in [-0.2, -0.15) is 0 Å². The van der Waals surface area contributed by atoms with Crippen LogP contribution in [0.4, 0.5) is 17.1 Å². The minimum atomic E-state index is 0.870. The summed E-state index contributed by atoms with van der Waals surface area (Å²) in [5.74, 6) is 0. The molecule has 0 aliphatic heterocycles. The maximum absolute atomic E-state index is 6.26. The van der Waals surface area contributed by atoms with E-state index >= 15 is 0 Å². The summed E-state index contributed by atoms with van der Waals surface area (Å²) in [6, 6.07) is 49.0. The monoisotopic (exact) mass is 512 g/mol. The van der Waals surface area contributed by atoms with Gasteiger partial charge in [0.05, 0.1) is 5.52 Å². The molecule has 6 aromatic carbocycles. The van der Waals surface area contributed by atoms with Crippen molar-refractivity contribution in [2.45, 2.75) is 0 Å². The number of fused-ring (bicyclic) bond motifs is 6. The summed E-state index contributed by atoms with van der Waals surface area (Å²) in [5, 5.41) is 5.79. The van der Waals surface area contributed by atoms with Gasteiger partial charge in [-0.05, 0) is 82.6 Å². The van der Waals surface area contributed by atoms with E-state index in [0.29, 0.717) is 0 Å². The molecule has 188 valence electrons. The quantitative estimate of drug-likeness (QED) is 0.235. The lowest BCUT2D eigenvalue weighted by molar-refractivity contribution is 0.669.